The van der Waals surface area contributed by atoms with E-state index in [1.165, 1.54) is 0 Å². The van der Waals surface area contributed by atoms with Gasteiger partial charge in [-0.25, -0.2) is 4.98 Å². The van der Waals surface area contributed by atoms with Crippen molar-refractivity contribution in [3.8, 4) is 5.75 Å². The van der Waals surface area contributed by atoms with Gasteiger partial charge in [-0.3, -0.25) is 4.79 Å². The van der Waals surface area contributed by atoms with Crippen LogP contribution < -0.4 is 10.6 Å². The third kappa shape index (κ3) is 2.97. The molecular weight excluding hydrogens is 256 g/mol. The summed E-state index contributed by atoms with van der Waals surface area (Å²) in [6.07, 6.45) is 3.27. The minimum atomic E-state index is -0.200. The van der Waals surface area contributed by atoms with E-state index in [2.05, 4.69) is 4.98 Å². The van der Waals surface area contributed by atoms with Crippen molar-refractivity contribution in [3.63, 3.8) is 0 Å². The molecule has 1 aromatic carbocycles. The number of phenols is 1. The molecule has 20 heavy (non-hydrogen) atoms. The maximum absolute atomic E-state index is 12.4. The summed E-state index contributed by atoms with van der Waals surface area (Å²) in [5, 5.41) is 9.51. The van der Waals surface area contributed by atoms with Crippen molar-refractivity contribution in [3.05, 3.63) is 42.5 Å². The van der Waals surface area contributed by atoms with Gasteiger partial charge in [-0.2, -0.15) is 0 Å². The first-order valence-electron chi connectivity index (χ1n) is 6.48. The summed E-state index contributed by atoms with van der Waals surface area (Å²) in [7, 11) is 0. The van der Waals surface area contributed by atoms with Crippen molar-refractivity contribution in [1.29, 1.82) is 0 Å². The molecule has 0 saturated heterocycles. The number of amides is 1. The second-order valence-electron chi connectivity index (χ2n) is 4.35. The van der Waals surface area contributed by atoms with E-state index in [-0.39, 0.29) is 11.7 Å². The predicted molar refractivity (Wildman–Crippen MR) is 76.7 cm³/mol. The van der Waals surface area contributed by atoms with Gasteiger partial charge in [0.25, 0.3) is 5.91 Å². The summed E-state index contributed by atoms with van der Waals surface area (Å²) in [5.41, 5.74) is 6.48. The molecule has 0 saturated carbocycles. The van der Waals surface area contributed by atoms with Crippen molar-refractivity contribution >= 4 is 11.6 Å². The van der Waals surface area contributed by atoms with Gasteiger partial charge in [0, 0.05) is 37.6 Å². The number of imidazole rings is 1. The number of nitrogens with zero attached hydrogens (tertiary/aromatic N) is 3. The lowest BCUT2D eigenvalue weighted by Crippen LogP contribution is -2.30. The first-order valence-corrected chi connectivity index (χ1v) is 6.48. The van der Waals surface area contributed by atoms with Crippen LogP contribution in [0.3, 0.4) is 0 Å². The van der Waals surface area contributed by atoms with E-state index in [4.69, 9.17) is 5.73 Å². The molecule has 2 aromatic rings. The summed E-state index contributed by atoms with van der Waals surface area (Å²) < 4.78 is 1.78. The van der Waals surface area contributed by atoms with Gasteiger partial charge in [0.15, 0.2) is 0 Å². The molecule has 0 atom stereocenters. The van der Waals surface area contributed by atoms with Gasteiger partial charge < -0.3 is 20.3 Å². The fourth-order valence-electron chi connectivity index (χ4n) is 1.98. The van der Waals surface area contributed by atoms with Gasteiger partial charge in [-0.15, -0.1) is 0 Å². The molecule has 0 bridgehead atoms. The Morgan fingerprint density at radius 1 is 1.50 bits per heavy atom. The zero-order valence-corrected chi connectivity index (χ0v) is 11.4. The zero-order chi connectivity index (χ0) is 14.5. The molecule has 0 aliphatic rings. The Morgan fingerprint density at radius 2 is 2.30 bits per heavy atom. The molecule has 1 heterocycles. The molecule has 106 valence electrons. The first kappa shape index (κ1) is 14.1. The maximum Gasteiger partial charge on any atom is 0.278 e. The van der Waals surface area contributed by atoms with Crippen LogP contribution in [-0.2, 0) is 6.54 Å². The molecule has 0 fully saturated rings. The number of carbonyl (C=O) groups excluding carboxylic acids is 1. The van der Waals surface area contributed by atoms with E-state index in [0.717, 1.165) is 0 Å². The molecule has 6 nitrogen and oxygen atoms in total. The third-order valence-electron chi connectivity index (χ3n) is 2.94. The Balaban J connectivity index is 2.24. The number of hydrogen-bond donors (Lipinski definition) is 2. The fraction of sp³-hybridized carbons (Fsp3) is 0.286. The van der Waals surface area contributed by atoms with E-state index >= 15 is 0 Å². The summed E-state index contributed by atoms with van der Waals surface area (Å²) in [6.45, 7) is 3.48. The largest absolute Gasteiger partial charge is 0.508 e. The van der Waals surface area contributed by atoms with Crippen LogP contribution >= 0.6 is 0 Å². The topological polar surface area (TPSA) is 84.4 Å². The SMILES string of the molecule is CCN(C(=O)c1cn(CCN)cn1)c1cccc(O)c1. The Morgan fingerprint density at radius 3 is 2.95 bits per heavy atom. The van der Waals surface area contributed by atoms with Crippen molar-refractivity contribution in [2.45, 2.75) is 13.5 Å². The molecule has 0 spiro atoms. The number of aromatic hydroxyl groups is 1. The highest BCUT2D eigenvalue weighted by atomic mass is 16.3. The average molecular weight is 274 g/mol. The van der Waals surface area contributed by atoms with Crippen LogP contribution in [-0.4, -0.2) is 33.7 Å². The Kier molecular flexibility index (Phi) is 4.37. The van der Waals surface area contributed by atoms with Gasteiger partial charge in [0.2, 0.25) is 0 Å². The van der Waals surface area contributed by atoms with Gasteiger partial charge >= 0.3 is 0 Å². The standard InChI is InChI=1S/C14H18N4O2/c1-2-18(11-4-3-5-12(19)8-11)14(20)13-9-17(7-6-15)10-16-13/h3-5,8-10,19H,2,6-7,15H2,1H3. The molecule has 1 aromatic heterocycles. The second kappa shape index (κ2) is 6.21. The number of carbonyl (C=O) groups is 1. The Hall–Kier alpha value is -2.34. The smallest absolute Gasteiger partial charge is 0.278 e. The van der Waals surface area contributed by atoms with Crippen molar-refractivity contribution in [1.82, 2.24) is 9.55 Å². The number of nitrogens with two attached hydrogens (primary N) is 1. The number of anilines is 1. The molecule has 0 aliphatic carbocycles. The quantitative estimate of drug-likeness (QED) is 0.858. The molecule has 1 amide bonds. The average Bonchev–Trinajstić information content (AvgIpc) is 2.89. The Labute approximate surface area is 117 Å². The van der Waals surface area contributed by atoms with Gasteiger partial charge in [0.1, 0.15) is 11.4 Å². The summed E-state index contributed by atoms with van der Waals surface area (Å²) in [4.78, 5) is 18.1. The highest BCUT2D eigenvalue weighted by Gasteiger charge is 2.18. The van der Waals surface area contributed by atoms with Crippen LogP contribution in [0.25, 0.3) is 0 Å². The second-order valence-corrected chi connectivity index (χ2v) is 4.35. The van der Waals surface area contributed by atoms with E-state index < -0.39 is 0 Å². The number of phenolic OH excluding ortho intramolecular Hbond substituents is 1. The van der Waals surface area contributed by atoms with Gasteiger partial charge in [0.05, 0.1) is 6.33 Å². The summed E-state index contributed by atoms with van der Waals surface area (Å²) in [5.74, 6) is -0.0729. The molecule has 0 radical (unpaired) electrons. The lowest BCUT2D eigenvalue weighted by Gasteiger charge is -2.20. The highest BCUT2D eigenvalue weighted by molar-refractivity contribution is 6.04. The molecule has 0 aliphatic heterocycles. The highest BCUT2D eigenvalue weighted by Crippen LogP contribution is 2.21. The summed E-state index contributed by atoms with van der Waals surface area (Å²) >= 11 is 0. The lowest BCUT2D eigenvalue weighted by molar-refractivity contribution is 0.0984. The van der Waals surface area contributed by atoms with E-state index in [1.54, 1.807) is 46.3 Å². The fourth-order valence-corrected chi connectivity index (χ4v) is 1.98. The minimum absolute atomic E-state index is 0.127. The molecule has 2 rings (SSSR count). The van der Waals surface area contributed by atoms with Crippen LogP contribution in [0.1, 0.15) is 17.4 Å². The number of hydrogen-bond acceptors (Lipinski definition) is 4. The van der Waals surface area contributed by atoms with E-state index in [9.17, 15) is 9.90 Å². The monoisotopic (exact) mass is 274 g/mol. The van der Waals surface area contributed by atoms with Crippen LogP contribution in [0.4, 0.5) is 5.69 Å². The van der Waals surface area contributed by atoms with Crippen LogP contribution in [0.5, 0.6) is 5.75 Å². The molecule has 3 N–H and O–H groups in total. The van der Waals surface area contributed by atoms with E-state index in [0.29, 0.717) is 31.0 Å². The first-order chi connectivity index (χ1) is 9.65. The van der Waals surface area contributed by atoms with Crippen LogP contribution in [0.15, 0.2) is 36.8 Å². The van der Waals surface area contributed by atoms with Crippen molar-refractivity contribution in [2.24, 2.45) is 5.73 Å². The van der Waals surface area contributed by atoms with Gasteiger partial charge in [-0.1, -0.05) is 6.07 Å². The molecular formula is C14H18N4O2. The van der Waals surface area contributed by atoms with Crippen molar-refractivity contribution < 1.29 is 9.90 Å². The number of aromatic nitrogens is 2. The number of rotatable bonds is 5. The van der Waals surface area contributed by atoms with Gasteiger partial charge in [-0.05, 0) is 19.1 Å². The zero-order valence-electron chi connectivity index (χ0n) is 11.4. The normalized spacial score (nSPS) is 10.5. The number of benzene rings is 1. The molecule has 0 unspecified atom stereocenters. The lowest BCUT2D eigenvalue weighted by atomic mass is 10.2. The van der Waals surface area contributed by atoms with Crippen LogP contribution in [0, 0.1) is 0 Å². The maximum atomic E-state index is 12.4. The molecule has 6 heteroatoms. The third-order valence-corrected chi connectivity index (χ3v) is 2.94. The summed E-state index contributed by atoms with van der Waals surface area (Å²) in [6, 6.07) is 6.60. The van der Waals surface area contributed by atoms with E-state index in [1.807, 2.05) is 6.92 Å². The Bertz CT molecular complexity index is 594. The minimum Gasteiger partial charge on any atom is -0.508 e. The predicted octanol–water partition coefficient (Wildman–Crippen LogP) is 1.21. The van der Waals surface area contributed by atoms with Crippen LogP contribution in [0.2, 0.25) is 0 Å². The van der Waals surface area contributed by atoms with Crippen molar-refractivity contribution in [2.75, 3.05) is 18.0 Å².